The van der Waals surface area contributed by atoms with Gasteiger partial charge in [0.05, 0.1) is 4.47 Å². The van der Waals surface area contributed by atoms with Crippen LogP contribution in [-0.4, -0.2) is 12.5 Å². The summed E-state index contributed by atoms with van der Waals surface area (Å²) in [5.74, 6) is 2.01. The summed E-state index contributed by atoms with van der Waals surface area (Å²) in [7, 11) is 0. The minimum Gasteiger partial charge on any atom is -0.483 e. The van der Waals surface area contributed by atoms with Gasteiger partial charge in [-0.2, -0.15) is 0 Å². The Labute approximate surface area is 214 Å². The van der Waals surface area contributed by atoms with E-state index in [0.29, 0.717) is 12.3 Å². The Morgan fingerprint density at radius 1 is 0.857 bits per heavy atom. The van der Waals surface area contributed by atoms with Crippen molar-refractivity contribution in [2.75, 3.05) is 17.2 Å². The Kier molecular flexibility index (Phi) is 8.06. The standard InChI is InChI=1S/C29H27BrN2O3/c1-20-8-14-27(21(2)16-20)32-29(33)19-34-28-15-9-22(17-26(28)30)18-31-23-10-12-25(13-11-23)35-24-6-4-3-5-7-24/h3-17,31H,18-19H2,1-2H3,(H,32,33). The predicted molar refractivity (Wildman–Crippen MR) is 144 cm³/mol. The number of benzene rings is 4. The maximum Gasteiger partial charge on any atom is 0.262 e. The number of aryl methyl sites for hydroxylation is 2. The zero-order chi connectivity index (χ0) is 24.6. The Morgan fingerprint density at radius 3 is 2.31 bits per heavy atom. The van der Waals surface area contributed by atoms with E-state index in [4.69, 9.17) is 9.47 Å². The minimum atomic E-state index is -0.200. The van der Waals surface area contributed by atoms with Gasteiger partial charge in [-0.25, -0.2) is 0 Å². The van der Waals surface area contributed by atoms with Gasteiger partial charge in [0.25, 0.3) is 5.91 Å². The van der Waals surface area contributed by atoms with E-state index >= 15 is 0 Å². The molecule has 0 atom stereocenters. The molecule has 0 radical (unpaired) electrons. The molecular formula is C29H27BrN2O3. The number of halogens is 1. The SMILES string of the molecule is Cc1ccc(NC(=O)COc2ccc(CNc3ccc(Oc4ccccc4)cc3)cc2Br)c(C)c1. The van der Waals surface area contributed by atoms with Crippen LogP contribution in [0.5, 0.6) is 17.2 Å². The highest BCUT2D eigenvalue weighted by atomic mass is 79.9. The molecule has 35 heavy (non-hydrogen) atoms. The van der Waals surface area contributed by atoms with Crippen molar-refractivity contribution < 1.29 is 14.3 Å². The summed E-state index contributed by atoms with van der Waals surface area (Å²) in [6, 6.07) is 29.3. The number of ether oxygens (including phenoxy) is 2. The molecule has 0 heterocycles. The smallest absolute Gasteiger partial charge is 0.262 e. The van der Waals surface area contributed by atoms with Crippen LogP contribution in [0.2, 0.25) is 0 Å². The maximum atomic E-state index is 12.3. The first-order valence-corrected chi connectivity index (χ1v) is 12.1. The van der Waals surface area contributed by atoms with Crippen molar-refractivity contribution in [3.63, 3.8) is 0 Å². The van der Waals surface area contributed by atoms with Crippen LogP contribution in [0, 0.1) is 13.8 Å². The second-order valence-electron chi connectivity index (χ2n) is 8.21. The number of rotatable bonds is 9. The number of amides is 1. The molecule has 0 spiro atoms. The molecule has 0 unspecified atom stereocenters. The van der Waals surface area contributed by atoms with E-state index in [0.717, 1.165) is 44.0 Å². The molecular weight excluding hydrogens is 504 g/mol. The number of anilines is 2. The van der Waals surface area contributed by atoms with E-state index in [2.05, 4.69) is 26.6 Å². The maximum absolute atomic E-state index is 12.3. The average Bonchev–Trinajstić information content (AvgIpc) is 2.85. The first-order chi connectivity index (χ1) is 17.0. The van der Waals surface area contributed by atoms with Crippen molar-refractivity contribution in [1.29, 1.82) is 0 Å². The van der Waals surface area contributed by atoms with E-state index in [1.54, 1.807) is 0 Å². The van der Waals surface area contributed by atoms with Crippen molar-refractivity contribution in [3.05, 3.63) is 112 Å². The first-order valence-electron chi connectivity index (χ1n) is 11.3. The second kappa shape index (κ2) is 11.6. The van der Waals surface area contributed by atoms with E-state index in [-0.39, 0.29) is 12.5 Å². The fourth-order valence-corrected chi connectivity index (χ4v) is 4.07. The Bertz CT molecular complexity index is 1290. The lowest BCUT2D eigenvalue weighted by molar-refractivity contribution is -0.118. The number of carbonyl (C=O) groups is 1. The van der Waals surface area contributed by atoms with Gasteiger partial charge < -0.3 is 20.1 Å². The molecule has 0 saturated carbocycles. The molecule has 4 aromatic rings. The van der Waals surface area contributed by atoms with Gasteiger partial charge in [-0.3, -0.25) is 4.79 Å². The van der Waals surface area contributed by atoms with Gasteiger partial charge in [-0.1, -0.05) is 42.0 Å². The van der Waals surface area contributed by atoms with Gasteiger partial charge in [-0.15, -0.1) is 0 Å². The van der Waals surface area contributed by atoms with Crippen molar-refractivity contribution >= 4 is 33.2 Å². The van der Waals surface area contributed by atoms with Gasteiger partial charge in [0.15, 0.2) is 6.61 Å². The lowest BCUT2D eigenvalue weighted by atomic mass is 10.1. The molecule has 0 aliphatic carbocycles. The number of carbonyl (C=O) groups excluding carboxylic acids is 1. The van der Waals surface area contributed by atoms with Crippen LogP contribution in [0.1, 0.15) is 16.7 Å². The van der Waals surface area contributed by atoms with Crippen molar-refractivity contribution in [3.8, 4) is 17.2 Å². The third-order valence-electron chi connectivity index (χ3n) is 5.34. The van der Waals surface area contributed by atoms with E-state index in [1.807, 2.05) is 105 Å². The molecule has 0 aliphatic heterocycles. The topological polar surface area (TPSA) is 59.6 Å². The highest BCUT2D eigenvalue weighted by Crippen LogP contribution is 2.27. The van der Waals surface area contributed by atoms with Crippen molar-refractivity contribution in [1.82, 2.24) is 0 Å². The van der Waals surface area contributed by atoms with Crippen LogP contribution in [0.25, 0.3) is 0 Å². The third-order valence-corrected chi connectivity index (χ3v) is 5.96. The lowest BCUT2D eigenvalue weighted by Crippen LogP contribution is -2.20. The summed E-state index contributed by atoms with van der Waals surface area (Å²) >= 11 is 3.55. The molecule has 0 saturated heterocycles. The van der Waals surface area contributed by atoms with Gasteiger partial charge in [0.2, 0.25) is 0 Å². The van der Waals surface area contributed by atoms with Crippen LogP contribution in [0.15, 0.2) is 95.5 Å². The molecule has 6 heteroatoms. The number of hydrogen-bond acceptors (Lipinski definition) is 4. The number of hydrogen-bond donors (Lipinski definition) is 2. The fourth-order valence-electron chi connectivity index (χ4n) is 3.52. The molecule has 0 aliphatic rings. The van der Waals surface area contributed by atoms with Crippen molar-refractivity contribution in [2.45, 2.75) is 20.4 Å². The molecule has 178 valence electrons. The Hall–Kier alpha value is -3.77. The van der Waals surface area contributed by atoms with Gasteiger partial charge in [0.1, 0.15) is 17.2 Å². The minimum absolute atomic E-state index is 0.0685. The Balaban J connectivity index is 1.26. The number of nitrogens with one attached hydrogen (secondary N) is 2. The summed E-state index contributed by atoms with van der Waals surface area (Å²) < 4.78 is 12.3. The quantitative estimate of drug-likeness (QED) is 0.235. The lowest BCUT2D eigenvalue weighted by Gasteiger charge is -2.12. The van der Waals surface area contributed by atoms with Crippen LogP contribution >= 0.6 is 15.9 Å². The molecule has 0 bridgehead atoms. The average molecular weight is 531 g/mol. The van der Waals surface area contributed by atoms with Crippen LogP contribution in [0.3, 0.4) is 0 Å². The Morgan fingerprint density at radius 2 is 1.60 bits per heavy atom. The van der Waals surface area contributed by atoms with Gasteiger partial charge in [-0.05, 0) is 95.5 Å². The second-order valence-corrected chi connectivity index (χ2v) is 9.07. The fraction of sp³-hybridized carbons (Fsp3) is 0.138. The summed E-state index contributed by atoms with van der Waals surface area (Å²) in [5, 5.41) is 6.30. The zero-order valence-electron chi connectivity index (χ0n) is 19.7. The summed E-state index contributed by atoms with van der Waals surface area (Å²) in [6.07, 6.45) is 0. The third kappa shape index (κ3) is 7.11. The molecule has 0 fully saturated rings. The molecule has 4 rings (SSSR count). The highest BCUT2D eigenvalue weighted by molar-refractivity contribution is 9.10. The van der Waals surface area contributed by atoms with E-state index < -0.39 is 0 Å². The summed E-state index contributed by atoms with van der Waals surface area (Å²) in [6.45, 7) is 4.57. The molecule has 5 nitrogen and oxygen atoms in total. The largest absolute Gasteiger partial charge is 0.483 e. The predicted octanol–water partition coefficient (Wildman–Crippen LogP) is 7.49. The zero-order valence-corrected chi connectivity index (χ0v) is 21.3. The molecule has 2 N–H and O–H groups in total. The van der Waals surface area contributed by atoms with Crippen LogP contribution in [0.4, 0.5) is 11.4 Å². The van der Waals surface area contributed by atoms with Gasteiger partial charge in [0, 0.05) is 17.9 Å². The van der Waals surface area contributed by atoms with Gasteiger partial charge >= 0.3 is 0 Å². The monoisotopic (exact) mass is 530 g/mol. The summed E-state index contributed by atoms with van der Waals surface area (Å²) in [5.41, 5.74) is 5.04. The van der Waals surface area contributed by atoms with E-state index in [1.165, 1.54) is 0 Å². The molecule has 1 amide bonds. The summed E-state index contributed by atoms with van der Waals surface area (Å²) in [4.78, 5) is 12.3. The highest BCUT2D eigenvalue weighted by Gasteiger charge is 2.09. The molecule has 4 aromatic carbocycles. The number of para-hydroxylation sites is 1. The molecule has 0 aromatic heterocycles. The van der Waals surface area contributed by atoms with Crippen LogP contribution in [-0.2, 0) is 11.3 Å². The normalized spacial score (nSPS) is 10.5. The van der Waals surface area contributed by atoms with E-state index in [9.17, 15) is 4.79 Å². The first kappa shape index (κ1) is 24.4. The van der Waals surface area contributed by atoms with Crippen molar-refractivity contribution in [2.24, 2.45) is 0 Å². The van der Waals surface area contributed by atoms with Crippen LogP contribution < -0.4 is 20.1 Å².